The van der Waals surface area contributed by atoms with Crippen molar-refractivity contribution in [3.63, 3.8) is 0 Å². The molecule has 22 heavy (non-hydrogen) atoms. The number of hydrogen-bond acceptors (Lipinski definition) is 5. The number of morpholine rings is 1. The van der Waals surface area contributed by atoms with Crippen LogP contribution in [-0.4, -0.2) is 40.6 Å². The Kier molecular flexibility index (Phi) is 4.78. The molecule has 1 saturated heterocycles. The summed E-state index contributed by atoms with van der Waals surface area (Å²) in [6.07, 6.45) is 1.13. The van der Waals surface area contributed by atoms with Crippen LogP contribution in [0.15, 0.2) is 17.5 Å². The van der Waals surface area contributed by atoms with Gasteiger partial charge in [0, 0.05) is 30.9 Å². The van der Waals surface area contributed by atoms with Gasteiger partial charge in [-0.1, -0.05) is 19.9 Å². The summed E-state index contributed by atoms with van der Waals surface area (Å²) in [7, 11) is 0. The molecule has 1 aliphatic rings. The molecule has 1 aliphatic heterocycles. The van der Waals surface area contributed by atoms with E-state index in [0.717, 1.165) is 44.4 Å². The van der Waals surface area contributed by atoms with E-state index < -0.39 is 0 Å². The fourth-order valence-corrected chi connectivity index (χ4v) is 3.55. The molecule has 0 spiro atoms. The summed E-state index contributed by atoms with van der Waals surface area (Å²) in [4.78, 5) is 3.65. The summed E-state index contributed by atoms with van der Waals surface area (Å²) in [5.74, 6) is 2.56. The van der Waals surface area contributed by atoms with E-state index in [0.29, 0.717) is 5.92 Å². The van der Waals surface area contributed by atoms with Gasteiger partial charge in [0.05, 0.1) is 12.7 Å². The molecular weight excluding hydrogens is 296 g/mol. The molecule has 2 aromatic rings. The monoisotopic (exact) mass is 320 g/mol. The zero-order chi connectivity index (χ0) is 15.5. The largest absolute Gasteiger partial charge is 0.374 e. The average Bonchev–Trinajstić information content (AvgIpc) is 3.17. The van der Waals surface area contributed by atoms with Crippen LogP contribution in [0.2, 0.25) is 0 Å². The smallest absolute Gasteiger partial charge is 0.227 e. The maximum Gasteiger partial charge on any atom is 0.227 e. The molecule has 1 atom stereocenters. The van der Waals surface area contributed by atoms with Gasteiger partial charge in [0.25, 0.3) is 0 Å². The first-order valence-corrected chi connectivity index (χ1v) is 8.88. The minimum atomic E-state index is 0.275. The lowest BCUT2D eigenvalue weighted by molar-refractivity contribution is 0.0107. The van der Waals surface area contributed by atoms with Crippen molar-refractivity contribution in [3.05, 3.63) is 28.2 Å². The Bertz CT molecular complexity index is 593. The van der Waals surface area contributed by atoms with Crippen molar-refractivity contribution in [1.82, 2.24) is 14.8 Å². The van der Waals surface area contributed by atoms with Gasteiger partial charge in [0.2, 0.25) is 5.95 Å². The fourth-order valence-electron chi connectivity index (χ4n) is 2.84. The van der Waals surface area contributed by atoms with E-state index in [4.69, 9.17) is 4.74 Å². The third-order valence-electron chi connectivity index (χ3n) is 4.16. The van der Waals surface area contributed by atoms with Crippen LogP contribution in [-0.2, 0) is 17.7 Å². The second-order valence-corrected chi connectivity index (χ2v) is 7.05. The molecule has 0 aliphatic carbocycles. The van der Waals surface area contributed by atoms with Crippen LogP contribution >= 0.6 is 11.3 Å². The van der Waals surface area contributed by atoms with Crippen molar-refractivity contribution in [2.24, 2.45) is 5.92 Å². The number of rotatable bonds is 5. The Balaban J connectivity index is 1.80. The Morgan fingerprint density at radius 1 is 1.41 bits per heavy atom. The highest BCUT2D eigenvalue weighted by Gasteiger charge is 2.26. The molecule has 120 valence electrons. The number of ether oxygens (including phenoxy) is 1. The van der Waals surface area contributed by atoms with E-state index in [9.17, 15) is 0 Å². The predicted octanol–water partition coefficient (Wildman–Crippen LogP) is 2.81. The van der Waals surface area contributed by atoms with Crippen LogP contribution in [0.1, 0.15) is 31.5 Å². The van der Waals surface area contributed by atoms with E-state index in [1.165, 1.54) is 4.88 Å². The lowest BCUT2D eigenvalue weighted by Crippen LogP contribution is -2.45. The number of hydrogen-bond donors (Lipinski definition) is 0. The molecule has 5 nitrogen and oxygen atoms in total. The van der Waals surface area contributed by atoms with Crippen molar-refractivity contribution in [3.8, 4) is 0 Å². The first-order valence-electron chi connectivity index (χ1n) is 8.00. The van der Waals surface area contributed by atoms with Gasteiger partial charge in [0.1, 0.15) is 5.82 Å². The summed E-state index contributed by atoms with van der Waals surface area (Å²) in [5.41, 5.74) is 0. The molecule has 3 heterocycles. The average molecular weight is 320 g/mol. The van der Waals surface area contributed by atoms with Gasteiger partial charge in [-0.25, -0.2) is 0 Å². The molecular formula is C16H24N4OS. The van der Waals surface area contributed by atoms with Crippen molar-refractivity contribution in [2.75, 3.05) is 24.6 Å². The quantitative estimate of drug-likeness (QED) is 0.850. The number of thiophene rings is 1. The molecule has 1 unspecified atom stereocenters. The molecule has 0 amide bonds. The van der Waals surface area contributed by atoms with Crippen LogP contribution in [0.3, 0.4) is 0 Å². The van der Waals surface area contributed by atoms with Crippen molar-refractivity contribution in [1.29, 1.82) is 0 Å². The topological polar surface area (TPSA) is 43.2 Å². The summed E-state index contributed by atoms with van der Waals surface area (Å²) in [6, 6.07) is 4.24. The minimum absolute atomic E-state index is 0.275. The lowest BCUT2D eigenvalue weighted by atomic mass is 10.1. The molecule has 0 radical (unpaired) electrons. The van der Waals surface area contributed by atoms with E-state index in [-0.39, 0.29) is 6.10 Å². The molecule has 3 rings (SSSR count). The van der Waals surface area contributed by atoms with Crippen molar-refractivity contribution < 1.29 is 4.74 Å². The second-order valence-electron chi connectivity index (χ2n) is 6.02. The third-order valence-corrected chi connectivity index (χ3v) is 5.03. The van der Waals surface area contributed by atoms with Crippen molar-refractivity contribution in [2.45, 2.75) is 39.8 Å². The standard InChI is InChI=1S/C16H24N4OS/c1-4-20-15(10-13-6-5-9-22-13)17-18-16(20)19-7-8-21-14(11-19)12(2)3/h5-6,9,12,14H,4,7-8,10-11H2,1-3H3. The van der Waals surface area contributed by atoms with Gasteiger partial charge in [0.15, 0.2) is 0 Å². The highest BCUT2D eigenvalue weighted by atomic mass is 32.1. The Hall–Kier alpha value is -1.40. The molecule has 6 heteroatoms. The third kappa shape index (κ3) is 3.17. The molecule has 0 saturated carbocycles. The van der Waals surface area contributed by atoms with E-state index >= 15 is 0 Å². The summed E-state index contributed by atoms with van der Waals surface area (Å²) in [5, 5.41) is 11.0. The zero-order valence-corrected chi connectivity index (χ0v) is 14.3. The van der Waals surface area contributed by atoms with Gasteiger partial charge in [-0.2, -0.15) is 0 Å². The second kappa shape index (κ2) is 6.79. The van der Waals surface area contributed by atoms with Crippen molar-refractivity contribution >= 4 is 17.3 Å². The molecule has 1 fully saturated rings. The number of aromatic nitrogens is 3. The highest BCUT2D eigenvalue weighted by Crippen LogP contribution is 2.22. The number of anilines is 1. The Morgan fingerprint density at radius 2 is 2.27 bits per heavy atom. The molecule has 2 aromatic heterocycles. The van der Waals surface area contributed by atoms with Gasteiger partial charge in [-0.3, -0.25) is 4.57 Å². The number of nitrogens with zero attached hydrogens (tertiary/aromatic N) is 4. The summed E-state index contributed by atoms with van der Waals surface area (Å²) in [6.45, 7) is 10.0. The van der Waals surface area contributed by atoms with Gasteiger partial charge >= 0.3 is 0 Å². The van der Waals surface area contributed by atoms with Gasteiger partial charge in [-0.15, -0.1) is 21.5 Å². The zero-order valence-electron chi connectivity index (χ0n) is 13.5. The van der Waals surface area contributed by atoms with Gasteiger partial charge in [-0.05, 0) is 24.3 Å². The van der Waals surface area contributed by atoms with Crippen LogP contribution < -0.4 is 4.90 Å². The van der Waals surface area contributed by atoms with Crippen LogP contribution in [0.4, 0.5) is 5.95 Å². The first kappa shape index (κ1) is 15.5. The predicted molar refractivity (Wildman–Crippen MR) is 89.6 cm³/mol. The van der Waals surface area contributed by atoms with Crippen LogP contribution in [0.5, 0.6) is 0 Å². The molecule has 0 aromatic carbocycles. The minimum Gasteiger partial charge on any atom is -0.374 e. The Labute approximate surface area is 135 Å². The van der Waals surface area contributed by atoms with Crippen LogP contribution in [0.25, 0.3) is 0 Å². The van der Waals surface area contributed by atoms with E-state index in [2.05, 4.69) is 57.9 Å². The fraction of sp³-hybridized carbons (Fsp3) is 0.625. The van der Waals surface area contributed by atoms with E-state index in [1.807, 2.05) is 0 Å². The Morgan fingerprint density at radius 3 is 2.95 bits per heavy atom. The van der Waals surface area contributed by atoms with E-state index in [1.54, 1.807) is 11.3 Å². The van der Waals surface area contributed by atoms with Gasteiger partial charge < -0.3 is 9.64 Å². The normalized spacial score (nSPS) is 19.1. The van der Waals surface area contributed by atoms with Crippen LogP contribution in [0, 0.1) is 5.92 Å². The summed E-state index contributed by atoms with van der Waals surface area (Å²) < 4.78 is 8.10. The molecule has 0 bridgehead atoms. The summed E-state index contributed by atoms with van der Waals surface area (Å²) >= 11 is 1.77. The highest BCUT2D eigenvalue weighted by molar-refractivity contribution is 7.09. The first-order chi connectivity index (χ1) is 10.7. The SMILES string of the molecule is CCn1c(Cc2cccs2)nnc1N1CCOC(C(C)C)C1. The lowest BCUT2D eigenvalue weighted by Gasteiger charge is -2.35. The maximum absolute atomic E-state index is 5.86. The maximum atomic E-state index is 5.86. The molecule has 0 N–H and O–H groups in total.